The standard InChI is InChI=1S/C19H24FN5O.ClH/c1-14(21)19(26)23-13-15-6-7-22-18(12-15)25-10-8-24(9-11-25)17-4-2-16(20)3-5-17;/h2-7,12,14H,8-11,13,21H2,1H3,(H,23,26);1H. The van der Waals surface area contributed by atoms with Gasteiger partial charge in [0.05, 0.1) is 6.04 Å². The summed E-state index contributed by atoms with van der Waals surface area (Å²) in [5, 5.41) is 2.81. The second-order valence-corrected chi connectivity index (χ2v) is 6.48. The predicted octanol–water partition coefficient (Wildman–Crippen LogP) is 1.93. The normalized spacial score (nSPS) is 15.1. The van der Waals surface area contributed by atoms with Crippen LogP contribution in [0.2, 0.25) is 0 Å². The van der Waals surface area contributed by atoms with Crippen LogP contribution in [0.4, 0.5) is 15.9 Å². The third-order valence-corrected chi connectivity index (χ3v) is 4.49. The lowest BCUT2D eigenvalue weighted by Gasteiger charge is -2.36. The van der Waals surface area contributed by atoms with Crippen molar-refractivity contribution in [1.82, 2.24) is 10.3 Å². The molecule has 1 unspecified atom stereocenters. The number of piperazine rings is 1. The number of carbonyl (C=O) groups is 1. The first-order valence-corrected chi connectivity index (χ1v) is 8.76. The molecule has 1 aromatic heterocycles. The Balaban J connectivity index is 0.00000261. The van der Waals surface area contributed by atoms with Gasteiger partial charge in [-0.2, -0.15) is 0 Å². The molecule has 1 aliphatic rings. The Morgan fingerprint density at radius 3 is 2.44 bits per heavy atom. The zero-order chi connectivity index (χ0) is 18.5. The van der Waals surface area contributed by atoms with Crippen LogP contribution >= 0.6 is 12.4 Å². The highest BCUT2D eigenvalue weighted by molar-refractivity contribution is 5.85. The Morgan fingerprint density at radius 2 is 1.81 bits per heavy atom. The van der Waals surface area contributed by atoms with E-state index in [2.05, 4.69) is 20.1 Å². The topological polar surface area (TPSA) is 74.5 Å². The summed E-state index contributed by atoms with van der Waals surface area (Å²) in [6.45, 7) is 5.46. The number of anilines is 2. The van der Waals surface area contributed by atoms with Crippen LogP contribution in [-0.2, 0) is 11.3 Å². The molecule has 1 aromatic carbocycles. The number of hydrogen-bond acceptors (Lipinski definition) is 5. The summed E-state index contributed by atoms with van der Waals surface area (Å²) in [5.74, 6) is 0.511. The Morgan fingerprint density at radius 1 is 1.19 bits per heavy atom. The van der Waals surface area contributed by atoms with Gasteiger partial charge in [-0.3, -0.25) is 4.79 Å². The number of nitrogens with one attached hydrogen (secondary N) is 1. The minimum atomic E-state index is -0.518. The van der Waals surface area contributed by atoms with Crippen molar-refractivity contribution in [2.45, 2.75) is 19.5 Å². The number of halogens is 2. The molecule has 0 aliphatic carbocycles. The lowest BCUT2D eigenvalue weighted by molar-refractivity contribution is -0.122. The second kappa shape index (κ2) is 9.53. The van der Waals surface area contributed by atoms with Gasteiger partial charge in [-0.15, -0.1) is 12.4 Å². The molecule has 1 amide bonds. The Hall–Kier alpha value is -2.38. The third-order valence-electron chi connectivity index (χ3n) is 4.49. The third kappa shape index (κ3) is 5.55. The highest BCUT2D eigenvalue weighted by Gasteiger charge is 2.18. The molecule has 27 heavy (non-hydrogen) atoms. The van der Waals surface area contributed by atoms with E-state index < -0.39 is 6.04 Å². The Kier molecular flexibility index (Phi) is 7.38. The highest BCUT2D eigenvalue weighted by atomic mass is 35.5. The number of amides is 1. The van der Waals surface area contributed by atoms with Crippen molar-refractivity contribution >= 4 is 29.8 Å². The van der Waals surface area contributed by atoms with Gasteiger partial charge >= 0.3 is 0 Å². The molecule has 1 saturated heterocycles. The first-order valence-electron chi connectivity index (χ1n) is 8.76. The van der Waals surface area contributed by atoms with Crippen molar-refractivity contribution in [2.24, 2.45) is 5.73 Å². The van der Waals surface area contributed by atoms with Crippen molar-refractivity contribution < 1.29 is 9.18 Å². The van der Waals surface area contributed by atoms with Crippen LogP contribution in [0.1, 0.15) is 12.5 Å². The van der Waals surface area contributed by atoms with E-state index in [0.29, 0.717) is 6.54 Å². The van der Waals surface area contributed by atoms with E-state index in [1.807, 2.05) is 24.3 Å². The van der Waals surface area contributed by atoms with E-state index in [9.17, 15) is 9.18 Å². The van der Waals surface area contributed by atoms with Crippen LogP contribution in [0.15, 0.2) is 42.6 Å². The molecule has 0 radical (unpaired) electrons. The number of aromatic nitrogens is 1. The Labute approximate surface area is 165 Å². The van der Waals surface area contributed by atoms with Crippen LogP contribution in [0.3, 0.4) is 0 Å². The fourth-order valence-corrected chi connectivity index (χ4v) is 2.94. The molecule has 3 rings (SSSR count). The van der Waals surface area contributed by atoms with Crippen molar-refractivity contribution in [3.8, 4) is 0 Å². The van der Waals surface area contributed by atoms with Gasteiger partial charge in [0.2, 0.25) is 5.91 Å². The SMILES string of the molecule is CC(N)C(=O)NCc1ccnc(N2CCN(c3ccc(F)cc3)CC2)c1.Cl. The lowest BCUT2D eigenvalue weighted by Crippen LogP contribution is -2.46. The zero-order valence-electron chi connectivity index (χ0n) is 15.3. The first kappa shape index (κ1) is 20.9. The minimum absolute atomic E-state index is 0. The molecule has 8 heteroatoms. The highest BCUT2D eigenvalue weighted by Crippen LogP contribution is 2.20. The number of pyridine rings is 1. The van der Waals surface area contributed by atoms with Crippen molar-refractivity contribution in [3.05, 3.63) is 54.0 Å². The van der Waals surface area contributed by atoms with Gasteiger partial charge in [-0.05, 0) is 48.9 Å². The molecule has 146 valence electrons. The molecule has 6 nitrogen and oxygen atoms in total. The average molecular weight is 394 g/mol. The summed E-state index contributed by atoms with van der Waals surface area (Å²) >= 11 is 0. The summed E-state index contributed by atoms with van der Waals surface area (Å²) in [6.07, 6.45) is 1.76. The van der Waals surface area contributed by atoms with Gasteiger partial charge in [0.25, 0.3) is 0 Å². The zero-order valence-corrected chi connectivity index (χ0v) is 16.1. The summed E-state index contributed by atoms with van der Waals surface area (Å²) in [5.41, 5.74) is 7.58. The van der Waals surface area contributed by atoms with Crippen LogP contribution in [0.5, 0.6) is 0 Å². The molecular formula is C19H25ClFN5O. The second-order valence-electron chi connectivity index (χ2n) is 6.48. The summed E-state index contributed by atoms with van der Waals surface area (Å²) in [4.78, 5) is 20.5. The first-order chi connectivity index (χ1) is 12.5. The smallest absolute Gasteiger partial charge is 0.236 e. The molecule has 1 atom stereocenters. The molecule has 2 heterocycles. The van der Waals surface area contributed by atoms with Gasteiger partial charge in [0, 0.05) is 44.6 Å². The van der Waals surface area contributed by atoms with Gasteiger partial charge in [-0.25, -0.2) is 9.37 Å². The molecule has 0 spiro atoms. The van der Waals surface area contributed by atoms with Crippen LogP contribution in [0.25, 0.3) is 0 Å². The molecule has 1 fully saturated rings. The van der Waals surface area contributed by atoms with E-state index in [1.54, 1.807) is 13.1 Å². The van der Waals surface area contributed by atoms with E-state index in [1.165, 1.54) is 12.1 Å². The molecule has 3 N–H and O–H groups in total. The van der Waals surface area contributed by atoms with Gasteiger partial charge < -0.3 is 20.9 Å². The summed E-state index contributed by atoms with van der Waals surface area (Å²) in [6, 6.07) is 9.97. The van der Waals surface area contributed by atoms with Crippen LogP contribution < -0.4 is 20.9 Å². The number of hydrogen-bond donors (Lipinski definition) is 2. The molecule has 0 saturated carbocycles. The number of nitrogens with two attached hydrogens (primary N) is 1. The maximum absolute atomic E-state index is 13.1. The van der Waals surface area contributed by atoms with Gasteiger partial charge in [-0.1, -0.05) is 0 Å². The van der Waals surface area contributed by atoms with Crippen molar-refractivity contribution in [1.29, 1.82) is 0 Å². The summed E-state index contributed by atoms with van der Waals surface area (Å²) in [7, 11) is 0. The fraction of sp³-hybridized carbons (Fsp3) is 0.368. The van der Waals surface area contributed by atoms with Crippen LogP contribution in [0, 0.1) is 5.82 Å². The number of benzene rings is 1. The van der Waals surface area contributed by atoms with E-state index >= 15 is 0 Å². The fourth-order valence-electron chi connectivity index (χ4n) is 2.94. The average Bonchev–Trinajstić information content (AvgIpc) is 2.67. The molecule has 1 aliphatic heterocycles. The van der Waals surface area contributed by atoms with Gasteiger partial charge in [0.15, 0.2) is 0 Å². The molecular weight excluding hydrogens is 369 g/mol. The predicted molar refractivity (Wildman–Crippen MR) is 108 cm³/mol. The monoisotopic (exact) mass is 393 g/mol. The molecule has 0 bridgehead atoms. The Bertz CT molecular complexity index is 748. The minimum Gasteiger partial charge on any atom is -0.368 e. The summed E-state index contributed by atoms with van der Waals surface area (Å²) < 4.78 is 13.1. The molecule has 2 aromatic rings. The van der Waals surface area contributed by atoms with Crippen molar-refractivity contribution in [2.75, 3.05) is 36.0 Å². The number of carbonyl (C=O) groups excluding carboxylic acids is 1. The maximum Gasteiger partial charge on any atom is 0.236 e. The lowest BCUT2D eigenvalue weighted by atomic mass is 10.2. The van der Waals surface area contributed by atoms with Crippen LogP contribution in [-0.4, -0.2) is 43.1 Å². The number of nitrogens with zero attached hydrogens (tertiary/aromatic N) is 3. The van der Waals surface area contributed by atoms with E-state index in [0.717, 1.165) is 43.2 Å². The quantitative estimate of drug-likeness (QED) is 0.812. The number of rotatable bonds is 5. The van der Waals surface area contributed by atoms with Gasteiger partial charge in [0.1, 0.15) is 11.6 Å². The maximum atomic E-state index is 13.1. The largest absolute Gasteiger partial charge is 0.368 e. The van der Waals surface area contributed by atoms with Crippen molar-refractivity contribution in [3.63, 3.8) is 0 Å². The van der Waals surface area contributed by atoms with E-state index in [4.69, 9.17) is 5.73 Å². The van der Waals surface area contributed by atoms with E-state index in [-0.39, 0.29) is 24.1 Å².